The zero-order chi connectivity index (χ0) is 16.8. The number of carbonyl (C=O) groups excluding carboxylic acids is 1. The summed E-state index contributed by atoms with van der Waals surface area (Å²) in [6, 6.07) is 7.31. The van der Waals surface area contributed by atoms with Gasteiger partial charge in [0, 0.05) is 13.0 Å². The second-order valence-electron chi connectivity index (χ2n) is 5.94. The van der Waals surface area contributed by atoms with E-state index >= 15 is 0 Å². The Kier molecular flexibility index (Phi) is 5.93. The van der Waals surface area contributed by atoms with Gasteiger partial charge < -0.3 is 14.7 Å². The van der Waals surface area contributed by atoms with E-state index in [1.54, 1.807) is 6.08 Å². The van der Waals surface area contributed by atoms with Crippen LogP contribution in [0.2, 0.25) is 0 Å². The maximum absolute atomic E-state index is 12.2. The fourth-order valence-corrected chi connectivity index (χ4v) is 2.51. The number of carbonyl (C=O) groups is 2. The largest absolute Gasteiger partial charge is 0.480 e. The van der Waals surface area contributed by atoms with Crippen LogP contribution in [0.25, 0.3) is 6.08 Å². The van der Waals surface area contributed by atoms with Gasteiger partial charge >= 0.3 is 5.97 Å². The summed E-state index contributed by atoms with van der Waals surface area (Å²) in [4.78, 5) is 24.7. The number of rotatable bonds is 5. The molecule has 0 spiro atoms. The molecule has 0 saturated carbocycles. The van der Waals surface area contributed by atoms with E-state index in [2.05, 4.69) is 26.0 Å². The second kappa shape index (κ2) is 7.92. The van der Waals surface area contributed by atoms with Crippen LogP contribution in [0.4, 0.5) is 0 Å². The van der Waals surface area contributed by atoms with Crippen LogP contribution in [0.5, 0.6) is 0 Å². The fourth-order valence-electron chi connectivity index (χ4n) is 2.51. The van der Waals surface area contributed by atoms with Crippen LogP contribution < -0.4 is 0 Å². The van der Waals surface area contributed by atoms with Crippen molar-refractivity contribution >= 4 is 18.0 Å². The monoisotopic (exact) mass is 317 g/mol. The lowest BCUT2D eigenvalue weighted by Crippen LogP contribution is -2.52. The summed E-state index contributed by atoms with van der Waals surface area (Å²) < 4.78 is 5.14. The molecule has 1 unspecified atom stereocenters. The molecular weight excluding hydrogens is 294 g/mol. The third-order valence-corrected chi connectivity index (χ3v) is 3.94. The average molecular weight is 317 g/mol. The Hall–Kier alpha value is -2.14. The SMILES string of the molecule is CC(C)c1ccc(/C=C/CC(=O)N2CCOCC2C(=O)O)cc1. The van der Waals surface area contributed by atoms with E-state index in [0.29, 0.717) is 19.1 Å². The Labute approximate surface area is 136 Å². The first kappa shape index (κ1) is 17.2. The number of hydrogen-bond acceptors (Lipinski definition) is 3. The Bertz CT molecular complexity index is 577. The number of hydrogen-bond donors (Lipinski definition) is 1. The molecule has 1 aromatic rings. The summed E-state index contributed by atoms with van der Waals surface area (Å²) in [6.07, 6.45) is 3.86. The second-order valence-corrected chi connectivity index (χ2v) is 5.94. The highest BCUT2D eigenvalue weighted by molar-refractivity contribution is 5.85. The predicted molar refractivity (Wildman–Crippen MR) is 88.1 cm³/mol. The van der Waals surface area contributed by atoms with Crippen LogP contribution in [0, 0.1) is 0 Å². The van der Waals surface area contributed by atoms with Crippen LogP contribution in [0.3, 0.4) is 0 Å². The molecule has 1 N–H and O–H groups in total. The number of carboxylic acids is 1. The van der Waals surface area contributed by atoms with Gasteiger partial charge in [0.05, 0.1) is 13.2 Å². The van der Waals surface area contributed by atoms with Gasteiger partial charge in [-0.05, 0) is 17.0 Å². The summed E-state index contributed by atoms with van der Waals surface area (Å²) >= 11 is 0. The lowest BCUT2D eigenvalue weighted by Gasteiger charge is -2.32. The molecule has 0 bridgehead atoms. The van der Waals surface area contributed by atoms with Crippen molar-refractivity contribution in [1.82, 2.24) is 4.90 Å². The van der Waals surface area contributed by atoms with Crippen molar-refractivity contribution in [2.75, 3.05) is 19.8 Å². The molecule has 23 heavy (non-hydrogen) atoms. The number of benzene rings is 1. The van der Waals surface area contributed by atoms with Gasteiger partial charge in [-0.3, -0.25) is 4.79 Å². The van der Waals surface area contributed by atoms with E-state index in [1.165, 1.54) is 10.5 Å². The Morgan fingerprint density at radius 2 is 2.04 bits per heavy atom. The maximum atomic E-state index is 12.2. The summed E-state index contributed by atoms with van der Waals surface area (Å²) in [7, 11) is 0. The lowest BCUT2D eigenvalue weighted by atomic mass is 10.0. The molecule has 1 heterocycles. The van der Waals surface area contributed by atoms with Crippen molar-refractivity contribution < 1.29 is 19.4 Å². The van der Waals surface area contributed by atoms with E-state index in [-0.39, 0.29) is 18.9 Å². The molecule has 1 aromatic carbocycles. The van der Waals surface area contributed by atoms with Crippen molar-refractivity contribution in [1.29, 1.82) is 0 Å². The Morgan fingerprint density at radius 3 is 2.65 bits per heavy atom. The zero-order valence-corrected chi connectivity index (χ0v) is 13.6. The quantitative estimate of drug-likeness (QED) is 0.906. The van der Waals surface area contributed by atoms with Crippen LogP contribution in [-0.4, -0.2) is 47.7 Å². The van der Waals surface area contributed by atoms with Gasteiger partial charge in [0.25, 0.3) is 0 Å². The molecule has 0 aromatic heterocycles. The molecule has 0 radical (unpaired) electrons. The fraction of sp³-hybridized carbons (Fsp3) is 0.444. The van der Waals surface area contributed by atoms with Crippen molar-refractivity contribution in [2.45, 2.75) is 32.2 Å². The number of aliphatic carboxylic acids is 1. The molecule has 1 fully saturated rings. The standard InChI is InChI=1S/C18H23NO4/c1-13(2)15-8-6-14(7-9-15)4-3-5-17(20)19-10-11-23-12-16(19)18(21)22/h3-4,6-9,13,16H,5,10-12H2,1-2H3,(H,21,22)/b4-3+. The van der Waals surface area contributed by atoms with Gasteiger partial charge in [0.15, 0.2) is 6.04 Å². The highest BCUT2D eigenvalue weighted by Gasteiger charge is 2.31. The van der Waals surface area contributed by atoms with Gasteiger partial charge in [-0.15, -0.1) is 0 Å². The number of amides is 1. The number of carboxylic acid groups (broad SMARTS) is 1. The minimum absolute atomic E-state index is 0.0570. The molecular formula is C18H23NO4. The van der Waals surface area contributed by atoms with E-state index in [4.69, 9.17) is 9.84 Å². The molecule has 1 aliphatic rings. The topological polar surface area (TPSA) is 66.8 Å². The Balaban J connectivity index is 1.93. The first-order chi connectivity index (χ1) is 11.0. The lowest BCUT2D eigenvalue weighted by molar-refractivity contribution is -0.157. The molecule has 2 rings (SSSR count). The minimum Gasteiger partial charge on any atom is -0.480 e. The van der Waals surface area contributed by atoms with E-state index in [9.17, 15) is 9.59 Å². The summed E-state index contributed by atoms with van der Waals surface area (Å²) in [6.45, 7) is 5.06. The zero-order valence-electron chi connectivity index (χ0n) is 13.6. The van der Waals surface area contributed by atoms with Crippen LogP contribution in [0.1, 0.15) is 37.3 Å². The molecule has 1 amide bonds. The summed E-state index contributed by atoms with van der Waals surface area (Å²) in [5.41, 5.74) is 2.30. The van der Waals surface area contributed by atoms with Gasteiger partial charge in [-0.25, -0.2) is 4.79 Å². The van der Waals surface area contributed by atoms with E-state index < -0.39 is 12.0 Å². The van der Waals surface area contributed by atoms with Gasteiger partial charge in [0.1, 0.15) is 0 Å². The maximum Gasteiger partial charge on any atom is 0.328 e. The van der Waals surface area contributed by atoms with E-state index in [0.717, 1.165) is 5.56 Å². The third-order valence-electron chi connectivity index (χ3n) is 3.94. The normalized spacial score (nSPS) is 18.6. The third kappa shape index (κ3) is 4.66. The first-order valence-corrected chi connectivity index (χ1v) is 7.85. The van der Waals surface area contributed by atoms with Gasteiger partial charge in [-0.1, -0.05) is 50.3 Å². The smallest absolute Gasteiger partial charge is 0.328 e. The van der Waals surface area contributed by atoms with Crippen LogP contribution in [0.15, 0.2) is 30.3 Å². The predicted octanol–water partition coefficient (Wildman–Crippen LogP) is 2.53. The average Bonchev–Trinajstić information content (AvgIpc) is 2.55. The highest BCUT2D eigenvalue weighted by Crippen LogP contribution is 2.16. The molecule has 5 nitrogen and oxygen atoms in total. The van der Waals surface area contributed by atoms with E-state index in [1.807, 2.05) is 18.2 Å². The van der Waals surface area contributed by atoms with Crippen molar-refractivity contribution in [3.05, 3.63) is 41.5 Å². The van der Waals surface area contributed by atoms with Crippen molar-refractivity contribution in [2.24, 2.45) is 0 Å². The minimum atomic E-state index is -1.02. The van der Waals surface area contributed by atoms with Crippen LogP contribution >= 0.6 is 0 Å². The molecule has 5 heteroatoms. The molecule has 1 saturated heterocycles. The summed E-state index contributed by atoms with van der Waals surface area (Å²) in [5.74, 6) is -0.717. The number of nitrogens with zero attached hydrogens (tertiary/aromatic N) is 1. The van der Waals surface area contributed by atoms with Crippen LogP contribution in [-0.2, 0) is 14.3 Å². The first-order valence-electron chi connectivity index (χ1n) is 7.85. The number of morpholine rings is 1. The van der Waals surface area contributed by atoms with Crippen molar-refractivity contribution in [3.63, 3.8) is 0 Å². The highest BCUT2D eigenvalue weighted by atomic mass is 16.5. The van der Waals surface area contributed by atoms with Gasteiger partial charge in [-0.2, -0.15) is 0 Å². The Morgan fingerprint density at radius 1 is 1.35 bits per heavy atom. The van der Waals surface area contributed by atoms with Crippen molar-refractivity contribution in [3.8, 4) is 0 Å². The molecule has 1 atom stereocenters. The number of ether oxygens (including phenoxy) is 1. The molecule has 1 aliphatic heterocycles. The summed E-state index contributed by atoms with van der Waals surface area (Å²) in [5, 5.41) is 9.14. The molecule has 124 valence electrons. The molecule has 0 aliphatic carbocycles. The van der Waals surface area contributed by atoms with Gasteiger partial charge in [0.2, 0.25) is 5.91 Å².